The van der Waals surface area contributed by atoms with Gasteiger partial charge in [-0.15, -0.1) is 11.3 Å². The predicted molar refractivity (Wildman–Crippen MR) is 140 cm³/mol. The number of ether oxygens (including phenoxy) is 1. The Morgan fingerprint density at radius 1 is 0.879 bits per heavy atom. The first-order valence-corrected chi connectivity index (χ1v) is 12.9. The van der Waals surface area contributed by atoms with Gasteiger partial charge < -0.3 is 4.74 Å². The summed E-state index contributed by atoms with van der Waals surface area (Å²) in [6, 6.07) is 24.2. The molecule has 0 amide bonds. The fourth-order valence-electron chi connectivity index (χ4n) is 5.41. The molecule has 1 nitrogen and oxygen atoms in total. The van der Waals surface area contributed by atoms with Crippen molar-refractivity contribution in [2.45, 2.75) is 57.5 Å². The molecule has 0 radical (unpaired) electrons. The third-order valence-corrected chi connectivity index (χ3v) is 8.51. The number of hydrogen-bond donors (Lipinski definition) is 0. The average molecular weight is 451 g/mol. The lowest BCUT2D eigenvalue weighted by atomic mass is 9.79. The second-order valence-corrected chi connectivity index (χ2v) is 11.6. The van der Waals surface area contributed by atoms with Crippen LogP contribution in [0.4, 0.5) is 0 Å². The summed E-state index contributed by atoms with van der Waals surface area (Å²) in [5.41, 5.74) is 4.68. The maximum Gasteiger partial charge on any atom is 0.187 e. The average Bonchev–Trinajstić information content (AvgIpc) is 3.28. The Morgan fingerprint density at radius 2 is 1.64 bits per heavy atom. The molecule has 0 spiro atoms. The largest absolute Gasteiger partial charge is 0.471 e. The fourth-order valence-corrected chi connectivity index (χ4v) is 6.80. The molecular weight excluding hydrogens is 420 g/mol. The Hall–Kier alpha value is -2.84. The molecule has 1 aromatic heterocycles. The minimum atomic E-state index is -0.602. The summed E-state index contributed by atoms with van der Waals surface area (Å²) < 4.78 is 7.24. The summed E-state index contributed by atoms with van der Waals surface area (Å²) in [4.78, 5) is 2.84. The van der Waals surface area contributed by atoms with Crippen molar-refractivity contribution in [3.63, 3.8) is 0 Å². The van der Waals surface area contributed by atoms with E-state index in [1.807, 2.05) is 11.3 Å². The van der Waals surface area contributed by atoms with E-state index < -0.39 is 5.60 Å². The number of aryl methyl sites for hydroxylation is 2. The van der Waals surface area contributed by atoms with Crippen LogP contribution in [0.25, 0.3) is 16.8 Å². The number of fused-ring (bicyclic) bond motifs is 4. The van der Waals surface area contributed by atoms with E-state index in [0.29, 0.717) is 0 Å². The highest BCUT2D eigenvalue weighted by molar-refractivity contribution is 7.12. The second-order valence-electron chi connectivity index (χ2n) is 10.4. The highest BCUT2D eigenvalue weighted by Gasteiger charge is 2.41. The predicted octanol–water partition coefficient (Wildman–Crippen LogP) is 8.43. The SMILES string of the molecule is CC(C)(C)c1cc2ccccc2c2c1C=CC(c1ccccc1)(c1cc3c(s1)CCCC3)O2. The standard InChI is InChI=1S/C31H30OS/c1-30(2,3)26-19-21-11-7-9-15-24(21)29-25(26)17-18-31(32-29,23-13-5-4-6-14-23)28-20-22-12-8-10-16-27(22)33-28/h4-7,9,11,13-15,17-20H,8,10,12,16H2,1-3H3. The zero-order valence-corrected chi connectivity index (χ0v) is 20.5. The molecule has 3 aromatic carbocycles. The number of hydrogen-bond acceptors (Lipinski definition) is 2. The Bertz CT molecular complexity index is 1350. The monoisotopic (exact) mass is 450 g/mol. The molecule has 2 heterocycles. The molecule has 166 valence electrons. The first kappa shape index (κ1) is 20.7. The van der Waals surface area contributed by atoms with Gasteiger partial charge in [-0.3, -0.25) is 0 Å². The number of rotatable bonds is 2. The first-order valence-electron chi connectivity index (χ1n) is 12.1. The molecule has 1 atom stereocenters. The van der Waals surface area contributed by atoms with Gasteiger partial charge >= 0.3 is 0 Å². The molecule has 1 aliphatic heterocycles. The lowest BCUT2D eigenvalue weighted by Gasteiger charge is -2.37. The lowest BCUT2D eigenvalue weighted by molar-refractivity contribution is 0.167. The highest BCUT2D eigenvalue weighted by Crippen LogP contribution is 2.50. The molecule has 6 rings (SSSR count). The maximum atomic E-state index is 7.24. The molecule has 0 fully saturated rings. The zero-order valence-electron chi connectivity index (χ0n) is 19.7. The molecule has 1 unspecified atom stereocenters. The van der Waals surface area contributed by atoms with Gasteiger partial charge in [0.25, 0.3) is 0 Å². The van der Waals surface area contributed by atoms with E-state index in [-0.39, 0.29) is 5.41 Å². The van der Waals surface area contributed by atoms with Crippen LogP contribution in [-0.2, 0) is 23.9 Å². The molecule has 0 N–H and O–H groups in total. The molecule has 0 saturated heterocycles. The van der Waals surface area contributed by atoms with Crippen LogP contribution in [0.2, 0.25) is 0 Å². The molecule has 33 heavy (non-hydrogen) atoms. The normalized spacial score (nSPS) is 19.7. The minimum Gasteiger partial charge on any atom is -0.471 e. The van der Waals surface area contributed by atoms with Crippen LogP contribution in [0.5, 0.6) is 5.75 Å². The van der Waals surface area contributed by atoms with Gasteiger partial charge in [0.1, 0.15) is 5.75 Å². The summed E-state index contributed by atoms with van der Waals surface area (Å²) in [5.74, 6) is 1.01. The van der Waals surface area contributed by atoms with Crippen LogP contribution in [0.15, 0.2) is 72.8 Å². The lowest BCUT2D eigenvalue weighted by Crippen LogP contribution is -2.34. The van der Waals surface area contributed by atoms with Crippen LogP contribution in [0.1, 0.15) is 65.6 Å². The zero-order chi connectivity index (χ0) is 22.6. The Labute approximate surface area is 200 Å². The van der Waals surface area contributed by atoms with Gasteiger partial charge in [0.05, 0.1) is 4.88 Å². The summed E-state index contributed by atoms with van der Waals surface area (Å²) in [5, 5.41) is 2.43. The molecule has 1 aliphatic carbocycles. The molecular formula is C31H30OS. The van der Waals surface area contributed by atoms with Crippen molar-refractivity contribution in [1.29, 1.82) is 0 Å². The molecule has 2 heteroatoms. The van der Waals surface area contributed by atoms with Crippen LogP contribution >= 0.6 is 11.3 Å². The van der Waals surface area contributed by atoms with Crippen LogP contribution in [-0.4, -0.2) is 0 Å². The number of thiophene rings is 1. The Kier molecular flexibility index (Phi) is 4.78. The molecule has 0 saturated carbocycles. The van der Waals surface area contributed by atoms with Gasteiger partial charge in [-0.05, 0) is 65.8 Å². The van der Waals surface area contributed by atoms with Crippen molar-refractivity contribution in [2.24, 2.45) is 0 Å². The van der Waals surface area contributed by atoms with E-state index >= 15 is 0 Å². The summed E-state index contributed by atoms with van der Waals surface area (Å²) in [7, 11) is 0. The van der Waals surface area contributed by atoms with Crippen LogP contribution in [0, 0.1) is 0 Å². The van der Waals surface area contributed by atoms with Crippen molar-refractivity contribution in [3.8, 4) is 5.75 Å². The Morgan fingerprint density at radius 3 is 2.42 bits per heavy atom. The van der Waals surface area contributed by atoms with Gasteiger partial charge in [-0.2, -0.15) is 0 Å². The van der Waals surface area contributed by atoms with Crippen molar-refractivity contribution in [1.82, 2.24) is 0 Å². The van der Waals surface area contributed by atoms with Crippen LogP contribution < -0.4 is 4.74 Å². The summed E-state index contributed by atoms with van der Waals surface area (Å²) >= 11 is 1.95. The van der Waals surface area contributed by atoms with Gasteiger partial charge in [0.2, 0.25) is 0 Å². The van der Waals surface area contributed by atoms with Gasteiger partial charge in [0, 0.05) is 21.4 Å². The maximum absolute atomic E-state index is 7.24. The van der Waals surface area contributed by atoms with E-state index in [2.05, 4.69) is 99.7 Å². The third kappa shape index (κ3) is 3.35. The smallest absolute Gasteiger partial charge is 0.187 e. The second kappa shape index (κ2) is 7.60. The van der Waals surface area contributed by atoms with E-state index in [1.54, 1.807) is 4.88 Å². The molecule has 2 aliphatic rings. The third-order valence-electron chi connectivity index (χ3n) is 7.16. The van der Waals surface area contributed by atoms with Crippen molar-refractivity contribution < 1.29 is 4.74 Å². The van der Waals surface area contributed by atoms with E-state index in [9.17, 15) is 0 Å². The Balaban J connectivity index is 1.62. The molecule has 4 aromatic rings. The van der Waals surface area contributed by atoms with Crippen molar-refractivity contribution in [3.05, 3.63) is 105 Å². The topological polar surface area (TPSA) is 9.23 Å². The van der Waals surface area contributed by atoms with Gasteiger partial charge in [0.15, 0.2) is 5.60 Å². The van der Waals surface area contributed by atoms with E-state index in [4.69, 9.17) is 4.74 Å². The van der Waals surface area contributed by atoms with E-state index in [1.165, 1.54) is 63.6 Å². The minimum absolute atomic E-state index is 0.0244. The highest BCUT2D eigenvalue weighted by atomic mass is 32.1. The van der Waals surface area contributed by atoms with E-state index in [0.717, 1.165) is 5.75 Å². The van der Waals surface area contributed by atoms with Gasteiger partial charge in [-0.25, -0.2) is 0 Å². The van der Waals surface area contributed by atoms with Gasteiger partial charge in [-0.1, -0.05) is 81.4 Å². The van der Waals surface area contributed by atoms with Crippen LogP contribution in [0.3, 0.4) is 0 Å². The summed E-state index contributed by atoms with van der Waals surface area (Å²) in [6.07, 6.45) is 9.62. The number of benzene rings is 3. The molecule has 0 bridgehead atoms. The summed E-state index contributed by atoms with van der Waals surface area (Å²) in [6.45, 7) is 6.87. The fraction of sp³-hybridized carbons (Fsp3) is 0.290. The first-order chi connectivity index (χ1) is 16.0. The van der Waals surface area contributed by atoms with Crippen molar-refractivity contribution >= 4 is 28.2 Å². The quantitative estimate of drug-likeness (QED) is 0.298. The van der Waals surface area contributed by atoms with Crippen molar-refractivity contribution in [2.75, 3.05) is 0 Å².